The van der Waals surface area contributed by atoms with Crippen LogP contribution in [0.1, 0.15) is 30.4 Å². The summed E-state index contributed by atoms with van der Waals surface area (Å²) in [6.07, 6.45) is 2.88. The summed E-state index contributed by atoms with van der Waals surface area (Å²) in [6, 6.07) is 8.89. The maximum atomic E-state index is 11.4. The molecule has 2 N–H and O–H groups in total. The van der Waals surface area contributed by atoms with E-state index in [0.29, 0.717) is 12.5 Å². The Bertz CT molecular complexity index is 386. The third kappa shape index (κ3) is 4.57. The van der Waals surface area contributed by atoms with E-state index in [2.05, 4.69) is 41.8 Å². The summed E-state index contributed by atoms with van der Waals surface area (Å²) in [7, 11) is 0. The molecule has 92 valence electrons. The normalized spacial score (nSPS) is 14.6. The van der Waals surface area contributed by atoms with Crippen molar-refractivity contribution in [2.24, 2.45) is 0 Å². The predicted octanol–water partition coefficient (Wildman–Crippen LogP) is 1.75. The summed E-state index contributed by atoms with van der Waals surface area (Å²) in [5.41, 5.74) is 2.54. The second kappa shape index (κ2) is 5.82. The number of hydrogen-bond donors (Lipinski definition) is 2. The van der Waals surface area contributed by atoms with E-state index in [-0.39, 0.29) is 5.91 Å². The zero-order chi connectivity index (χ0) is 12.1. The molecule has 0 unspecified atom stereocenters. The van der Waals surface area contributed by atoms with E-state index in [1.165, 1.54) is 11.1 Å². The fourth-order valence-electron chi connectivity index (χ4n) is 1.78. The molecule has 1 aromatic carbocycles. The number of amides is 1. The quantitative estimate of drug-likeness (QED) is 0.734. The Hall–Kier alpha value is -1.35. The highest BCUT2D eigenvalue weighted by Gasteiger charge is 2.22. The summed E-state index contributed by atoms with van der Waals surface area (Å²) in [5, 5.41) is 6.28. The number of carbonyl (C=O) groups is 1. The van der Waals surface area contributed by atoms with Gasteiger partial charge in [-0.1, -0.05) is 29.8 Å². The Kier molecular flexibility index (Phi) is 4.15. The molecule has 1 saturated carbocycles. The molecule has 1 aliphatic rings. The van der Waals surface area contributed by atoms with Crippen molar-refractivity contribution in [3.63, 3.8) is 0 Å². The molecule has 0 aromatic heterocycles. The molecule has 2 rings (SSSR count). The SMILES string of the molecule is Cc1cccc(CNCCC(=O)NC2CC2)c1. The lowest BCUT2D eigenvalue weighted by atomic mass is 10.1. The van der Waals surface area contributed by atoms with Crippen molar-refractivity contribution < 1.29 is 4.79 Å². The molecule has 0 atom stereocenters. The van der Waals surface area contributed by atoms with E-state index in [1.807, 2.05) is 0 Å². The van der Waals surface area contributed by atoms with Crippen LogP contribution < -0.4 is 10.6 Å². The van der Waals surface area contributed by atoms with Gasteiger partial charge in [0.2, 0.25) is 5.91 Å². The predicted molar refractivity (Wildman–Crippen MR) is 68.7 cm³/mol. The van der Waals surface area contributed by atoms with Crippen LogP contribution in [0, 0.1) is 6.92 Å². The minimum absolute atomic E-state index is 0.171. The molecular weight excluding hydrogens is 212 g/mol. The second-order valence-electron chi connectivity index (χ2n) is 4.76. The van der Waals surface area contributed by atoms with Crippen molar-refractivity contribution in [1.82, 2.24) is 10.6 Å². The Morgan fingerprint density at radius 3 is 2.94 bits per heavy atom. The highest BCUT2D eigenvalue weighted by molar-refractivity contribution is 5.76. The fourth-order valence-corrected chi connectivity index (χ4v) is 1.78. The minimum atomic E-state index is 0.171. The number of aryl methyl sites for hydroxylation is 1. The fraction of sp³-hybridized carbons (Fsp3) is 0.500. The van der Waals surface area contributed by atoms with Gasteiger partial charge in [0, 0.05) is 25.6 Å². The van der Waals surface area contributed by atoms with Gasteiger partial charge in [-0.3, -0.25) is 4.79 Å². The van der Waals surface area contributed by atoms with Crippen molar-refractivity contribution in [3.8, 4) is 0 Å². The van der Waals surface area contributed by atoms with E-state index < -0.39 is 0 Å². The van der Waals surface area contributed by atoms with Crippen molar-refractivity contribution >= 4 is 5.91 Å². The summed E-state index contributed by atoms with van der Waals surface area (Å²) < 4.78 is 0. The van der Waals surface area contributed by atoms with E-state index in [4.69, 9.17) is 0 Å². The van der Waals surface area contributed by atoms with Crippen LogP contribution in [0.4, 0.5) is 0 Å². The molecule has 3 heteroatoms. The van der Waals surface area contributed by atoms with Gasteiger partial charge in [0.25, 0.3) is 0 Å². The minimum Gasteiger partial charge on any atom is -0.353 e. The van der Waals surface area contributed by atoms with Crippen LogP contribution >= 0.6 is 0 Å². The molecule has 0 spiro atoms. The van der Waals surface area contributed by atoms with Gasteiger partial charge in [-0.2, -0.15) is 0 Å². The first kappa shape index (κ1) is 12.1. The Morgan fingerprint density at radius 2 is 2.24 bits per heavy atom. The van der Waals surface area contributed by atoms with E-state index in [1.54, 1.807) is 0 Å². The molecular formula is C14H20N2O. The highest BCUT2D eigenvalue weighted by atomic mass is 16.1. The van der Waals surface area contributed by atoms with Gasteiger partial charge in [-0.15, -0.1) is 0 Å². The van der Waals surface area contributed by atoms with Crippen LogP contribution in [-0.4, -0.2) is 18.5 Å². The summed E-state index contributed by atoms with van der Waals surface area (Å²) >= 11 is 0. The lowest BCUT2D eigenvalue weighted by Crippen LogP contribution is -2.28. The average Bonchev–Trinajstić information content (AvgIpc) is 3.08. The molecule has 0 heterocycles. The van der Waals surface area contributed by atoms with Crippen LogP contribution in [0.3, 0.4) is 0 Å². The number of benzene rings is 1. The van der Waals surface area contributed by atoms with Crippen LogP contribution in [0.2, 0.25) is 0 Å². The maximum Gasteiger partial charge on any atom is 0.221 e. The Labute approximate surface area is 103 Å². The van der Waals surface area contributed by atoms with Gasteiger partial charge in [-0.25, -0.2) is 0 Å². The summed E-state index contributed by atoms with van der Waals surface area (Å²) in [4.78, 5) is 11.4. The third-order valence-corrected chi connectivity index (χ3v) is 2.88. The molecule has 0 saturated heterocycles. The maximum absolute atomic E-state index is 11.4. The first-order valence-electron chi connectivity index (χ1n) is 6.29. The van der Waals surface area contributed by atoms with Crippen LogP contribution in [0.5, 0.6) is 0 Å². The smallest absolute Gasteiger partial charge is 0.221 e. The van der Waals surface area contributed by atoms with Crippen LogP contribution in [0.25, 0.3) is 0 Å². The first-order chi connectivity index (χ1) is 8.24. The van der Waals surface area contributed by atoms with Gasteiger partial charge < -0.3 is 10.6 Å². The first-order valence-corrected chi connectivity index (χ1v) is 6.29. The molecule has 1 amide bonds. The van der Waals surface area contributed by atoms with Crippen molar-refractivity contribution in [2.45, 2.75) is 38.8 Å². The van der Waals surface area contributed by atoms with Gasteiger partial charge in [0.05, 0.1) is 0 Å². The number of nitrogens with one attached hydrogen (secondary N) is 2. The monoisotopic (exact) mass is 232 g/mol. The molecule has 17 heavy (non-hydrogen) atoms. The molecule has 0 aliphatic heterocycles. The van der Waals surface area contributed by atoms with Crippen LogP contribution in [-0.2, 0) is 11.3 Å². The second-order valence-corrected chi connectivity index (χ2v) is 4.76. The van der Waals surface area contributed by atoms with E-state index in [0.717, 1.165) is 25.9 Å². The van der Waals surface area contributed by atoms with Gasteiger partial charge >= 0.3 is 0 Å². The molecule has 0 bridgehead atoms. The zero-order valence-corrected chi connectivity index (χ0v) is 10.3. The molecule has 3 nitrogen and oxygen atoms in total. The van der Waals surface area contributed by atoms with E-state index >= 15 is 0 Å². The van der Waals surface area contributed by atoms with Gasteiger partial charge in [0.15, 0.2) is 0 Å². The topological polar surface area (TPSA) is 41.1 Å². The lowest BCUT2D eigenvalue weighted by molar-refractivity contribution is -0.121. The highest BCUT2D eigenvalue weighted by Crippen LogP contribution is 2.18. The van der Waals surface area contributed by atoms with Gasteiger partial charge in [0.1, 0.15) is 0 Å². The largest absolute Gasteiger partial charge is 0.353 e. The lowest BCUT2D eigenvalue weighted by Gasteiger charge is -2.06. The number of carbonyl (C=O) groups excluding carboxylic acids is 1. The third-order valence-electron chi connectivity index (χ3n) is 2.88. The van der Waals surface area contributed by atoms with Gasteiger partial charge in [-0.05, 0) is 25.3 Å². The molecule has 0 radical (unpaired) electrons. The molecule has 1 aliphatic carbocycles. The van der Waals surface area contributed by atoms with Crippen molar-refractivity contribution in [3.05, 3.63) is 35.4 Å². The van der Waals surface area contributed by atoms with Crippen LogP contribution in [0.15, 0.2) is 24.3 Å². The molecule has 1 fully saturated rings. The summed E-state index contributed by atoms with van der Waals surface area (Å²) in [6.45, 7) is 3.66. The molecule has 1 aromatic rings. The van der Waals surface area contributed by atoms with Crippen molar-refractivity contribution in [1.29, 1.82) is 0 Å². The Morgan fingerprint density at radius 1 is 1.41 bits per heavy atom. The summed E-state index contributed by atoms with van der Waals surface area (Å²) in [5.74, 6) is 0.171. The zero-order valence-electron chi connectivity index (χ0n) is 10.3. The van der Waals surface area contributed by atoms with E-state index in [9.17, 15) is 4.79 Å². The number of rotatable bonds is 6. The average molecular weight is 232 g/mol. The standard InChI is InChI=1S/C14H20N2O/c1-11-3-2-4-12(9-11)10-15-8-7-14(17)16-13-5-6-13/h2-4,9,13,15H,5-8,10H2,1H3,(H,16,17). The Balaban J connectivity index is 1.60. The van der Waals surface area contributed by atoms with Crippen molar-refractivity contribution in [2.75, 3.05) is 6.54 Å². The number of hydrogen-bond acceptors (Lipinski definition) is 2.